The third kappa shape index (κ3) is 2.52. The molecule has 0 fully saturated rings. The average Bonchev–Trinajstić information content (AvgIpc) is 3.21. The number of hydrogen-bond donors (Lipinski definition) is 1. The molecular weight excluding hydrogens is 308 g/mol. The third-order valence-electron chi connectivity index (χ3n) is 3.51. The summed E-state index contributed by atoms with van der Waals surface area (Å²) in [5.74, 6) is 0.292. The highest BCUT2D eigenvalue weighted by atomic mass is 16.5. The Labute approximate surface area is 136 Å². The minimum atomic E-state index is -0.242. The number of fused-ring (bicyclic) bond motifs is 1. The van der Waals surface area contributed by atoms with E-state index in [0.29, 0.717) is 39.5 Å². The van der Waals surface area contributed by atoms with Crippen molar-refractivity contribution in [1.82, 2.24) is 15.1 Å². The molecule has 118 valence electrons. The van der Waals surface area contributed by atoms with Gasteiger partial charge in [-0.25, -0.2) is 4.98 Å². The van der Waals surface area contributed by atoms with Crippen molar-refractivity contribution < 1.29 is 13.7 Å². The number of amides is 1. The molecule has 0 bridgehead atoms. The molecule has 7 heteroatoms. The van der Waals surface area contributed by atoms with Crippen molar-refractivity contribution in [2.24, 2.45) is 0 Å². The Hall–Kier alpha value is -3.48. The fourth-order valence-corrected chi connectivity index (χ4v) is 2.38. The van der Waals surface area contributed by atoms with Crippen LogP contribution in [0.5, 0.6) is 0 Å². The predicted octanol–water partition coefficient (Wildman–Crippen LogP) is 3.44. The van der Waals surface area contributed by atoms with Gasteiger partial charge in [0.05, 0.1) is 17.3 Å². The fraction of sp³-hybridized carbons (Fsp3) is 0.0588. The van der Waals surface area contributed by atoms with Crippen molar-refractivity contribution in [1.29, 1.82) is 0 Å². The first-order valence-electron chi connectivity index (χ1n) is 7.24. The molecule has 0 radical (unpaired) electrons. The molecule has 0 unspecified atom stereocenters. The lowest BCUT2D eigenvalue weighted by atomic mass is 10.1. The van der Waals surface area contributed by atoms with E-state index < -0.39 is 0 Å². The molecular formula is C17H12N4O3. The van der Waals surface area contributed by atoms with Gasteiger partial charge in [-0.3, -0.25) is 9.78 Å². The minimum absolute atomic E-state index is 0.242. The number of pyridine rings is 1. The Morgan fingerprint density at radius 2 is 2.17 bits per heavy atom. The highest BCUT2D eigenvalue weighted by Gasteiger charge is 2.16. The molecule has 7 nitrogen and oxygen atoms in total. The van der Waals surface area contributed by atoms with Gasteiger partial charge < -0.3 is 14.3 Å². The van der Waals surface area contributed by atoms with Crippen LogP contribution in [-0.2, 0) is 0 Å². The number of aromatic nitrogens is 3. The summed E-state index contributed by atoms with van der Waals surface area (Å²) in [6.07, 6.45) is 4.74. The van der Waals surface area contributed by atoms with Gasteiger partial charge in [0, 0.05) is 18.7 Å². The van der Waals surface area contributed by atoms with Crippen molar-refractivity contribution >= 4 is 22.6 Å². The normalized spacial score (nSPS) is 10.9. The van der Waals surface area contributed by atoms with Gasteiger partial charge >= 0.3 is 0 Å². The molecule has 24 heavy (non-hydrogen) atoms. The summed E-state index contributed by atoms with van der Waals surface area (Å²) < 4.78 is 10.5. The molecule has 1 amide bonds. The molecule has 0 aliphatic carbocycles. The third-order valence-corrected chi connectivity index (χ3v) is 3.51. The van der Waals surface area contributed by atoms with Gasteiger partial charge in [0.25, 0.3) is 5.91 Å². The predicted molar refractivity (Wildman–Crippen MR) is 86.4 cm³/mol. The van der Waals surface area contributed by atoms with Crippen LogP contribution in [0, 0.1) is 6.92 Å². The Morgan fingerprint density at radius 1 is 1.25 bits per heavy atom. The van der Waals surface area contributed by atoms with Crippen LogP contribution >= 0.6 is 0 Å². The van der Waals surface area contributed by atoms with Crippen LogP contribution in [0.4, 0.5) is 5.69 Å². The fourth-order valence-electron chi connectivity index (χ4n) is 2.38. The summed E-state index contributed by atoms with van der Waals surface area (Å²) >= 11 is 0. The highest BCUT2D eigenvalue weighted by Crippen LogP contribution is 2.28. The minimum Gasteiger partial charge on any atom is -0.449 e. The number of rotatable bonds is 3. The van der Waals surface area contributed by atoms with Crippen molar-refractivity contribution in [2.75, 3.05) is 5.32 Å². The molecule has 3 aromatic heterocycles. The number of aryl methyl sites for hydroxylation is 1. The van der Waals surface area contributed by atoms with Gasteiger partial charge in [0.2, 0.25) is 0 Å². The lowest BCUT2D eigenvalue weighted by Crippen LogP contribution is -2.11. The van der Waals surface area contributed by atoms with E-state index in [1.165, 1.54) is 6.26 Å². The topological polar surface area (TPSA) is 94.0 Å². The van der Waals surface area contributed by atoms with Crippen molar-refractivity contribution in [3.05, 3.63) is 60.4 Å². The molecule has 4 aromatic rings. The molecule has 0 saturated carbocycles. The molecule has 3 heterocycles. The lowest BCUT2D eigenvalue weighted by molar-refractivity contribution is 0.102. The SMILES string of the molecule is Cc1nc(-c2noc3ccc(C(=O)Nc4cccnc4)cc23)co1. The Bertz CT molecular complexity index is 1020. The molecule has 0 aliphatic heterocycles. The summed E-state index contributed by atoms with van der Waals surface area (Å²) in [7, 11) is 0. The Morgan fingerprint density at radius 3 is 2.92 bits per heavy atom. The number of benzene rings is 1. The molecule has 4 rings (SSSR count). The zero-order valence-corrected chi connectivity index (χ0v) is 12.7. The van der Waals surface area contributed by atoms with E-state index >= 15 is 0 Å². The van der Waals surface area contributed by atoms with Gasteiger partial charge in [0.1, 0.15) is 17.7 Å². The van der Waals surface area contributed by atoms with E-state index in [2.05, 4.69) is 20.4 Å². The summed E-state index contributed by atoms with van der Waals surface area (Å²) in [6, 6.07) is 8.63. The van der Waals surface area contributed by atoms with E-state index in [1.54, 1.807) is 49.6 Å². The van der Waals surface area contributed by atoms with Crippen LogP contribution in [0.25, 0.3) is 22.4 Å². The van der Waals surface area contributed by atoms with Gasteiger partial charge in [-0.1, -0.05) is 5.16 Å². The summed E-state index contributed by atoms with van der Waals surface area (Å²) in [5, 5.41) is 7.51. The first kappa shape index (κ1) is 14.1. The smallest absolute Gasteiger partial charge is 0.255 e. The van der Waals surface area contributed by atoms with E-state index in [0.717, 1.165) is 0 Å². The second-order valence-corrected chi connectivity index (χ2v) is 5.19. The Balaban J connectivity index is 1.71. The number of carbonyl (C=O) groups excluding carboxylic acids is 1. The van der Waals surface area contributed by atoms with Gasteiger partial charge in [0.15, 0.2) is 11.5 Å². The molecule has 0 spiro atoms. The maximum atomic E-state index is 12.4. The molecule has 1 N–H and O–H groups in total. The van der Waals surface area contributed by atoms with Crippen LogP contribution in [0.15, 0.2) is 57.9 Å². The average molecular weight is 320 g/mol. The highest BCUT2D eigenvalue weighted by molar-refractivity contribution is 6.07. The van der Waals surface area contributed by atoms with Crippen LogP contribution in [0.3, 0.4) is 0 Å². The van der Waals surface area contributed by atoms with Gasteiger partial charge in [-0.05, 0) is 30.3 Å². The number of oxazole rings is 1. The number of nitrogens with zero attached hydrogens (tertiary/aromatic N) is 3. The van der Waals surface area contributed by atoms with Crippen molar-refractivity contribution in [3.8, 4) is 11.4 Å². The molecule has 0 aliphatic rings. The van der Waals surface area contributed by atoms with Gasteiger partial charge in [-0.15, -0.1) is 0 Å². The first-order chi connectivity index (χ1) is 11.7. The van der Waals surface area contributed by atoms with Gasteiger partial charge in [-0.2, -0.15) is 0 Å². The molecule has 0 atom stereocenters. The largest absolute Gasteiger partial charge is 0.449 e. The van der Waals surface area contributed by atoms with E-state index in [-0.39, 0.29) is 5.91 Å². The maximum Gasteiger partial charge on any atom is 0.255 e. The van der Waals surface area contributed by atoms with Crippen LogP contribution in [0.2, 0.25) is 0 Å². The Kier molecular flexibility index (Phi) is 3.31. The van der Waals surface area contributed by atoms with Crippen LogP contribution in [0.1, 0.15) is 16.2 Å². The number of anilines is 1. The second-order valence-electron chi connectivity index (χ2n) is 5.19. The summed E-state index contributed by atoms with van der Waals surface area (Å²) in [4.78, 5) is 20.6. The summed E-state index contributed by atoms with van der Waals surface area (Å²) in [5.41, 5.74) is 2.79. The quantitative estimate of drug-likeness (QED) is 0.621. The van der Waals surface area contributed by atoms with E-state index in [9.17, 15) is 4.79 Å². The molecule has 0 saturated heterocycles. The number of nitrogens with one attached hydrogen (secondary N) is 1. The van der Waals surface area contributed by atoms with Crippen molar-refractivity contribution in [2.45, 2.75) is 6.92 Å². The zero-order chi connectivity index (χ0) is 16.5. The monoisotopic (exact) mass is 320 g/mol. The zero-order valence-electron chi connectivity index (χ0n) is 12.7. The second kappa shape index (κ2) is 5.62. The number of carbonyl (C=O) groups is 1. The van der Waals surface area contributed by atoms with E-state index in [4.69, 9.17) is 8.94 Å². The standard InChI is InChI=1S/C17H12N4O3/c1-10-19-14(9-23-10)16-13-7-11(4-5-15(13)24-21-16)17(22)20-12-3-2-6-18-8-12/h2-9H,1H3,(H,20,22). The van der Waals surface area contributed by atoms with Crippen molar-refractivity contribution in [3.63, 3.8) is 0 Å². The van der Waals surface area contributed by atoms with Crippen LogP contribution < -0.4 is 5.32 Å². The molecule has 1 aromatic carbocycles. The number of hydrogen-bond acceptors (Lipinski definition) is 6. The summed E-state index contributed by atoms with van der Waals surface area (Å²) in [6.45, 7) is 1.75. The first-order valence-corrected chi connectivity index (χ1v) is 7.24. The van der Waals surface area contributed by atoms with Crippen LogP contribution in [-0.4, -0.2) is 21.0 Å². The lowest BCUT2D eigenvalue weighted by Gasteiger charge is -2.04. The maximum absolute atomic E-state index is 12.4. The van der Waals surface area contributed by atoms with E-state index in [1.807, 2.05) is 0 Å².